The largest absolute Gasteiger partial charge is 0.478 e. The highest BCUT2D eigenvalue weighted by atomic mass is 16.5. The highest BCUT2D eigenvalue weighted by Gasteiger charge is 2.31. The van der Waals surface area contributed by atoms with Crippen LogP contribution in [0.15, 0.2) is 0 Å². The second-order valence-corrected chi connectivity index (χ2v) is 7.05. The standard InChI is InChI=1S/C18H34N4O6/c1-3-27-15(17(23)24)21-11-7-19-5-6-20(8-12-21)10-14-22(13-9-19)16(18(25)26)28-4-2/h15-16H,3-14H2,1-2H3,(H,23,24)(H,25,26). The maximum atomic E-state index is 11.6. The van der Waals surface area contributed by atoms with Gasteiger partial charge in [-0.2, -0.15) is 0 Å². The fourth-order valence-corrected chi connectivity index (χ4v) is 3.71. The van der Waals surface area contributed by atoms with Crippen LogP contribution in [0.1, 0.15) is 13.8 Å². The molecule has 2 N–H and O–H groups in total. The minimum absolute atomic E-state index is 0.351. The number of rotatable bonds is 8. The zero-order valence-corrected chi connectivity index (χ0v) is 17.0. The molecule has 2 atom stereocenters. The summed E-state index contributed by atoms with van der Waals surface area (Å²) in [6.07, 6.45) is -1.86. The predicted molar refractivity (Wildman–Crippen MR) is 102 cm³/mol. The predicted octanol–water partition coefficient (Wildman–Crippen LogP) is -0.884. The van der Waals surface area contributed by atoms with E-state index in [0.29, 0.717) is 65.6 Å². The summed E-state index contributed by atoms with van der Waals surface area (Å²) in [4.78, 5) is 31.5. The van der Waals surface area contributed by atoms with Gasteiger partial charge in [0.2, 0.25) is 12.5 Å². The number of ether oxygens (including phenoxy) is 2. The molecule has 2 unspecified atom stereocenters. The second-order valence-electron chi connectivity index (χ2n) is 7.05. The molecule has 0 spiro atoms. The van der Waals surface area contributed by atoms with Crippen LogP contribution in [-0.4, -0.2) is 133 Å². The van der Waals surface area contributed by atoms with Crippen molar-refractivity contribution >= 4 is 11.9 Å². The van der Waals surface area contributed by atoms with E-state index in [2.05, 4.69) is 9.80 Å². The van der Waals surface area contributed by atoms with E-state index in [1.165, 1.54) is 0 Å². The second kappa shape index (κ2) is 11.6. The first-order valence-electron chi connectivity index (χ1n) is 10.1. The molecular weight excluding hydrogens is 368 g/mol. The van der Waals surface area contributed by atoms with Gasteiger partial charge in [-0.15, -0.1) is 0 Å². The topological polar surface area (TPSA) is 106 Å². The van der Waals surface area contributed by atoms with Gasteiger partial charge in [0.25, 0.3) is 0 Å². The SMILES string of the molecule is CCOC(C(=O)O)N1CCN2CCN(CC1)CCN(C(OCC)C(=O)O)CC2. The fraction of sp³-hybridized carbons (Fsp3) is 0.889. The molecule has 162 valence electrons. The van der Waals surface area contributed by atoms with E-state index in [4.69, 9.17) is 9.47 Å². The van der Waals surface area contributed by atoms with Crippen LogP contribution in [0.4, 0.5) is 0 Å². The minimum Gasteiger partial charge on any atom is -0.478 e. The van der Waals surface area contributed by atoms with E-state index in [1.807, 2.05) is 9.80 Å². The first-order chi connectivity index (χ1) is 13.5. The Morgan fingerprint density at radius 1 is 0.679 bits per heavy atom. The van der Waals surface area contributed by atoms with Crippen molar-refractivity contribution in [2.24, 2.45) is 0 Å². The molecule has 10 heteroatoms. The summed E-state index contributed by atoms with van der Waals surface area (Å²) < 4.78 is 10.9. The van der Waals surface area contributed by atoms with Crippen molar-refractivity contribution in [1.82, 2.24) is 19.6 Å². The maximum Gasteiger partial charge on any atom is 0.348 e. The highest BCUT2D eigenvalue weighted by molar-refractivity contribution is 5.72. The van der Waals surface area contributed by atoms with E-state index >= 15 is 0 Å². The average molecular weight is 402 g/mol. The number of hydrogen-bond donors (Lipinski definition) is 2. The number of carboxylic acid groups (broad SMARTS) is 2. The zero-order valence-electron chi connectivity index (χ0n) is 17.0. The lowest BCUT2D eigenvalue weighted by molar-refractivity contribution is -0.165. The molecule has 0 aliphatic carbocycles. The van der Waals surface area contributed by atoms with Crippen molar-refractivity contribution in [1.29, 1.82) is 0 Å². The summed E-state index contributed by atoms with van der Waals surface area (Å²) in [5.41, 5.74) is 0. The number of fused-ring (bicyclic) bond motifs is 3. The summed E-state index contributed by atoms with van der Waals surface area (Å²) >= 11 is 0. The van der Waals surface area contributed by atoms with Gasteiger partial charge in [0.15, 0.2) is 0 Å². The molecule has 2 heterocycles. The van der Waals surface area contributed by atoms with Crippen molar-refractivity contribution in [3.63, 3.8) is 0 Å². The van der Waals surface area contributed by atoms with Gasteiger partial charge < -0.3 is 19.7 Å². The zero-order chi connectivity index (χ0) is 20.5. The third kappa shape index (κ3) is 6.64. The number of carbonyl (C=O) groups is 2. The van der Waals surface area contributed by atoms with Gasteiger partial charge >= 0.3 is 11.9 Å². The van der Waals surface area contributed by atoms with Crippen LogP contribution in [-0.2, 0) is 19.1 Å². The smallest absolute Gasteiger partial charge is 0.348 e. The lowest BCUT2D eigenvalue weighted by atomic mass is 10.3. The van der Waals surface area contributed by atoms with Crippen LogP contribution in [0.5, 0.6) is 0 Å². The van der Waals surface area contributed by atoms with Gasteiger partial charge in [-0.3, -0.25) is 19.6 Å². The molecule has 2 aliphatic heterocycles. The Labute approximate surface area is 166 Å². The van der Waals surface area contributed by atoms with Crippen molar-refractivity contribution in [2.75, 3.05) is 78.7 Å². The molecule has 2 saturated heterocycles. The first kappa shape index (κ1) is 23.0. The number of carboxylic acids is 2. The average Bonchev–Trinajstić information content (AvgIpc) is 2.81. The molecule has 2 aliphatic rings. The highest BCUT2D eigenvalue weighted by Crippen LogP contribution is 2.11. The summed E-state index contributed by atoms with van der Waals surface area (Å²) in [7, 11) is 0. The van der Waals surface area contributed by atoms with Crippen LogP contribution in [0.3, 0.4) is 0 Å². The molecule has 0 aromatic carbocycles. The Bertz CT molecular complexity index is 448. The lowest BCUT2D eigenvalue weighted by Gasteiger charge is -2.33. The first-order valence-corrected chi connectivity index (χ1v) is 10.1. The molecular formula is C18H34N4O6. The van der Waals surface area contributed by atoms with E-state index in [9.17, 15) is 19.8 Å². The lowest BCUT2D eigenvalue weighted by Crippen LogP contribution is -2.51. The monoisotopic (exact) mass is 402 g/mol. The quantitative estimate of drug-likeness (QED) is 0.531. The maximum absolute atomic E-state index is 11.6. The van der Waals surface area contributed by atoms with E-state index < -0.39 is 24.4 Å². The molecule has 2 fully saturated rings. The molecule has 0 aromatic heterocycles. The molecule has 0 saturated carbocycles. The van der Waals surface area contributed by atoms with Crippen LogP contribution >= 0.6 is 0 Å². The number of nitrogens with zero attached hydrogens (tertiary/aromatic N) is 4. The number of aliphatic carboxylic acids is 2. The van der Waals surface area contributed by atoms with Gasteiger partial charge in [0, 0.05) is 78.7 Å². The van der Waals surface area contributed by atoms with Gasteiger partial charge in [-0.05, 0) is 13.8 Å². The molecule has 0 radical (unpaired) electrons. The summed E-state index contributed by atoms with van der Waals surface area (Å²) in [5.74, 6) is -1.92. The van der Waals surface area contributed by atoms with Gasteiger partial charge in [0.05, 0.1) is 0 Å². The normalized spacial score (nSPS) is 27.5. The van der Waals surface area contributed by atoms with Gasteiger partial charge in [0.1, 0.15) is 0 Å². The Kier molecular flexibility index (Phi) is 9.56. The van der Waals surface area contributed by atoms with Crippen molar-refractivity contribution in [3.05, 3.63) is 0 Å². The Morgan fingerprint density at radius 3 is 1.21 bits per heavy atom. The fourth-order valence-electron chi connectivity index (χ4n) is 3.71. The molecule has 2 rings (SSSR count). The van der Waals surface area contributed by atoms with Gasteiger partial charge in [-0.1, -0.05) is 0 Å². The van der Waals surface area contributed by atoms with E-state index in [0.717, 1.165) is 13.1 Å². The molecule has 0 amide bonds. The third-order valence-electron chi connectivity index (χ3n) is 5.28. The molecule has 2 bridgehead atoms. The molecule has 10 nitrogen and oxygen atoms in total. The van der Waals surface area contributed by atoms with E-state index in [-0.39, 0.29) is 0 Å². The Hall–Kier alpha value is -1.30. The van der Waals surface area contributed by atoms with Crippen LogP contribution in [0.2, 0.25) is 0 Å². The van der Waals surface area contributed by atoms with E-state index in [1.54, 1.807) is 13.8 Å². The number of hydrogen-bond acceptors (Lipinski definition) is 8. The summed E-state index contributed by atoms with van der Waals surface area (Å²) in [6.45, 7) is 11.3. The van der Waals surface area contributed by atoms with Gasteiger partial charge in [-0.25, -0.2) is 9.59 Å². The van der Waals surface area contributed by atoms with Crippen molar-refractivity contribution in [3.8, 4) is 0 Å². The van der Waals surface area contributed by atoms with Crippen LogP contribution < -0.4 is 0 Å². The van der Waals surface area contributed by atoms with Crippen molar-refractivity contribution < 1.29 is 29.3 Å². The molecule has 0 aromatic rings. The Balaban J connectivity index is 2.09. The minimum atomic E-state index is -0.960. The van der Waals surface area contributed by atoms with Crippen LogP contribution in [0.25, 0.3) is 0 Å². The van der Waals surface area contributed by atoms with Crippen molar-refractivity contribution in [2.45, 2.75) is 26.3 Å². The third-order valence-corrected chi connectivity index (χ3v) is 5.28. The molecule has 28 heavy (non-hydrogen) atoms. The Morgan fingerprint density at radius 2 is 0.964 bits per heavy atom. The summed E-state index contributed by atoms with van der Waals surface area (Å²) in [5, 5.41) is 19.0. The summed E-state index contributed by atoms with van der Waals surface area (Å²) in [6, 6.07) is 0. The van der Waals surface area contributed by atoms with Crippen LogP contribution in [0, 0.1) is 0 Å².